The van der Waals surface area contributed by atoms with Crippen LogP contribution in [0.1, 0.15) is 0 Å². The SMILES string of the molecule is CN(CC(=O)N1[C@H](S(=O)(=O)CO)[C@H](O)C(O)[C@H](O)[C@H]1S(=O)(=O)CO)C(=N)N. The smallest absolute Gasteiger partial charge is 0.244 e. The lowest BCUT2D eigenvalue weighted by molar-refractivity contribution is -0.158. The standard InChI is InChI=1S/C11H22N4O10S2/c1-14(11(12)13)2-5(18)15-9(26(22,23)3-16)7(20)6(19)8(21)10(15)27(24,25)4-17/h6-10,16-17,19-21H,2-4H2,1H3,(H3,12,13)/t6?,7-,8+,9-,10-/m1/s1. The minimum Gasteiger partial charge on any atom is -0.387 e. The zero-order chi connectivity index (χ0) is 21.3. The molecule has 14 nitrogen and oxygen atoms in total. The van der Waals surface area contributed by atoms with E-state index in [4.69, 9.17) is 21.4 Å². The molecule has 27 heavy (non-hydrogen) atoms. The number of aliphatic hydroxyl groups excluding tert-OH is 5. The van der Waals surface area contributed by atoms with Crippen LogP contribution in [-0.4, -0.2) is 119 Å². The van der Waals surface area contributed by atoms with Gasteiger partial charge < -0.3 is 41.1 Å². The van der Waals surface area contributed by atoms with E-state index in [1.54, 1.807) is 0 Å². The van der Waals surface area contributed by atoms with Gasteiger partial charge in [-0.3, -0.25) is 10.2 Å². The first kappa shape index (κ1) is 23.5. The molecule has 158 valence electrons. The monoisotopic (exact) mass is 434 g/mol. The summed E-state index contributed by atoms with van der Waals surface area (Å²) in [6.07, 6.45) is -7.06. The highest BCUT2D eigenvalue weighted by Gasteiger charge is 2.58. The second kappa shape index (κ2) is 8.21. The van der Waals surface area contributed by atoms with Crippen molar-refractivity contribution in [3.05, 3.63) is 0 Å². The lowest BCUT2D eigenvalue weighted by Gasteiger charge is -2.47. The summed E-state index contributed by atoms with van der Waals surface area (Å²) in [5.74, 6) is -5.18. The number of rotatable bonds is 6. The van der Waals surface area contributed by atoms with Gasteiger partial charge in [-0.05, 0) is 0 Å². The van der Waals surface area contributed by atoms with Gasteiger partial charge in [0.15, 0.2) is 36.4 Å². The van der Waals surface area contributed by atoms with E-state index in [1.807, 2.05) is 0 Å². The lowest BCUT2D eigenvalue weighted by Crippen LogP contribution is -2.72. The molecule has 1 rings (SSSR count). The summed E-state index contributed by atoms with van der Waals surface area (Å²) >= 11 is 0. The Bertz CT molecular complexity index is 737. The quantitative estimate of drug-likeness (QED) is 0.153. The Labute approximate surface area is 154 Å². The second-order valence-corrected chi connectivity index (χ2v) is 10.0. The Kier molecular flexibility index (Phi) is 7.14. The van der Waals surface area contributed by atoms with Crippen LogP contribution >= 0.6 is 0 Å². The van der Waals surface area contributed by atoms with Crippen LogP contribution in [0.5, 0.6) is 0 Å². The third kappa shape index (κ3) is 4.48. The van der Waals surface area contributed by atoms with Crippen LogP contribution in [0.4, 0.5) is 0 Å². The maximum Gasteiger partial charge on any atom is 0.244 e. The number of likely N-dealkylation sites (N-methyl/N-ethyl adjacent to an activating group) is 1. The number of hydrogen-bond acceptors (Lipinski definition) is 11. The number of nitrogens with two attached hydrogens (primary N) is 1. The van der Waals surface area contributed by atoms with E-state index in [0.29, 0.717) is 0 Å². The average Bonchev–Trinajstić information content (AvgIpc) is 2.58. The van der Waals surface area contributed by atoms with Crippen molar-refractivity contribution in [1.82, 2.24) is 9.80 Å². The van der Waals surface area contributed by atoms with Crippen LogP contribution < -0.4 is 5.73 Å². The van der Waals surface area contributed by atoms with Crippen molar-refractivity contribution < 1.29 is 47.2 Å². The number of aliphatic hydroxyl groups is 5. The van der Waals surface area contributed by atoms with Gasteiger partial charge in [-0.2, -0.15) is 0 Å². The minimum absolute atomic E-state index is 0.0542. The zero-order valence-electron chi connectivity index (χ0n) is 14.1. The molecule has 1 fully saturated rings. The summed E-state index contributed by atoms with van der Waals surface area (Å²) in [5.41, 5.74) is 5.17. The number of carbonyl (C=O) groups is 1. The molecular weight excluding hydrogens is 412 g/mol. The summed E-state index contributed by atoms with van der Waals surface area (Å²) in [5, 5.41) is 50.5. The molecule has 1 heterocycles. The summed E-state index contributed by atoms with van der Waals surface area (Å²) in [6.45, 7) is -0.834. The van der Waals surface area contributed by atoms with Crippen molar-refractivity contribution in [3.8, 4) is 0 Å². The van der Waals surface area contributed by atoms with Gasteiger partial charge in [0.1, 0.15) is 30.2 Å². The number of carbonyl (C=O) groups excluding carboxylic acids is 1. The van der Waals surface area contributed by atoms with Gasteiger partial charge in [-0.15, -0.1) is 0 Å². The Morgan fingerprint density at radius 2 is 1.37 bits per heavy atom. The molecule has 1 saturated heterocycles. The van der Waals surface area contributed by atoms with E-state index >= 15 is 0 Å². The van der Waals surface area contributed by atoms with Gasteiger partial charge >= 0.3 is 0 Å². The van der Waals surface area contributed by atoms with Gasteiger partial charge in [0.05, 0.1) is 6.54 Å². The molecule has 0 aromatic rings. The molecule has 0 aromatic carbocycles. The van der Waals surface area contributed by atoms with Crippen molar-refractivity contribution in [2.45, 2.75) is 29.1 Å². The fourth-order valence-corrected chi connectivity index (χ4v) is 5.33. The predicted molar refractivity (Wildman–Crippen MR) is 89.0 cm³/mol. The average molecular weight is 434 g/mol. The fraction of sp³-hybridized carbons (Fsp3) is 0.818. The number of sulfone groups is 2. The van der Waals surface area contributed by atoms with Crippen LogP contribution in [0, 0.1) is 5.41 Å². The van der Waals surface area contributed by atoms with Gasteiger partial charge in [0.25, 0.3) is 0 Å². The van der Waals surface area contributed by atoms with Crippen LogP contribution in [0.15, 0.2) is 0 Å². The lowest BCUT2D eigenvalue weighted by atomic mass is 10.0. The number of amides is 1. The first-order chi connectivity index (χ1) is 12.2. The van der Waals surface area contributed by atoms with E-state index in [2.05, 4.69) is 0 Å². The second-order valence-electron chi connectivity index (χ2n) is 5.88. The summed E-state index contributed by atoms with van der Waals surface area (Å²) < 4.78 is 48.7. The molecule has 0 radical (unpaired) electrons. The molecule has 0 saturated carbocycles. The molecule has 1 amide bonds. The van der Waals surface area contributed by atoms with E-state index < -0.39 is 79.0 Å². The Hall–Kier alpha value is -1.56. The van der Waals surface area contributed by atoms with Crippen molar-refractivity contribution in [2.75, 3.05) is 25.5 Å². The number of nitrogens with zero attached hydrogens (tertiary/aromatic N) is 2. The normalized spacial score (nSPS) is 29.4. The van der Waals surface area contributed by atoms with Crippen LogP contribution in [-0.2, 0) is 24.5 Å². The molecule has 1 aliphatic heterocycles. The molecule has 0 bridgehead atoms. The summed E-state index contributed by atoms with van der Waals surface area (Å²) in [4.78, 5) is 13.4. The summed E-state index contributed by atoms with van der Waals surface area (Å²) in [6, 6.07) is 0. The summed E-state index contributed by atoms with van der Waals surface area (Å²) in [7, 11) is -8.43. The predicted octanol–water partition coefficient (Wildman–Crippen LogP) is -5.88. The van der Waals surface area contributed by atoms with Crippen LogP contribution in [0.2, 0.25) is 0 Å². The third-order valence-electron chi connectivity index (χ3n) is 4.00. The van der Waals surface area contributed by atoms with E-state index in [0.717, 1.165) is 11.9 Å². The molecule has 5 atom stereocenters. The Morgan fingerprint density at radius 1 is 1.00 bits per heavy atom. The van der Waals surface area contributed by atoms with Gasteiger partial charge in [-0.1, -0.05) is 0 Å². The van der Waals surface area contributed by atoms with Crippen molar-refractivity contribution in [3.63, 3.8) is 0 Å². The molecule has 16 heteroatoms. The van der Waals surface area contributed by atoms with E-state index in [1.165, 1.54) is 0 Å². The van der Waals surface area contributed by atoms with Gasteiger partial charge in [0.2, 0.25) is 5.91 Å². The highest BCUT2D eigenvalue weighted by atomic mass is 32.2. The molecule has 8 N–H and O–H groups in total. The minimum atomic E-state index is -4.79. The molecule has 1 aliphatic rings. The number of piperidine rings is 1. The van der Waals surface area contributed by atoms with Crippen molar-refractivity contribution in [2.24, 2.45) is 5.73 Å². The molecule has 1 unspecified atom stereocenters. The molecule has 0 aliphatic carbocycles. The topological polar surface area (TPSA) is 243 Å². The maximum atomic E-state index is 12.6. The van der Waals surface area contributed by atoms with Crippen LogP contribution in [0.25, 0.3) is 0 Å². The molecular formula is C11H22N4O10S2. The van der Waals surface area contributed by atoms with Crippen molar-refractivity contribution >= 4 is 31.5 Å². The highest BCUT2D eigenvalue weighted by molar-refractivity contribution is 7.92. The molecule has 0 aromatic heterocycles. The highest BCUT2D eigenvalue weighted by Crippen LogP contribution is 2.31. The maximum absolute atomic E-state index is 12.6. The Balaban J connectivity index is 3.63. The number of nitrogens with one attached hydrogen (secondary N) is 1. The van der Waals surface area contributed by atoms with Crippen LogP contribution in [0.3, 0.4) is 0 Å². The fourth-order valence-electron chi connectivity index (χ4n) is 2.59. The zero-order valence-corrected chi connectivity index (χ0v) is 15.7. The Morgan fingerprint density at radius 3 is 1.67 bits per heavy atom. The van der Waals surface area contributed by atoms with E-state index in [9.17, 15) is 36.9 Å². The first-order valence-electron chi connectivity index (χ1n) is 7.28. The largest absolute Gasteiger partial charge is 0.387 e. The van der Waals surface area contributed by atoms with Crippen molar-refractivity contribution in [1.29, 1.82) is 5.41 Å². The number of hydrogen-bond donors (Lipinski definition) is 7. The number of likely N-dealkylation sites (tertiary alicyclic amines) is 1. The van der Waals surface area contributed by atoms with E-state index in [-0.39, 0.29) is 4.90 Å². The molecule has 0 spiro atoms. The third-order valence-corrected chi connectivity index (χ3v) is 7.20. The van der Waals surface area contributed by atoms with Gasteiger partial charge in [-0.25, -0.2) is 16.8 Å². The number of guanidine groups is 1. The van der Waals surface area contributed by atoms with Gasteiger partial charge in [0, 0.05) is 7.05 Å². The first-order valence-corrected chi connectivity index (χ1v) is 10.7.